The average Bonchev–Trinajstić information content (AvgIpc) is 3.34. The van der Waals surface area contributed by atoms with E-state index in [9.17, 15) is 14.4 Å². The molecule has 0 saturated carbocycles. The molecule has 12 heteroatoms. The molecule has 2 aromatic heterocycles. The number of methoxy groups -OCH3 is 2. The predicted octanol–water partition coefficient (Wildman–Crippen LogP) is 3.68. The van der Waals surface area contributed by atoms with Gasteiger partial charge in [-0.05, 0) is 38.0 Å². The third-order valence-electron chi connectivity index (χ3n) is 5.10. The molecule has 0 atom stereocenters. The molecule has 1 aromatic carbocycles. The Labute approximate surface area is 211 Å². The van der Waals surface area contributed by atoms with E-state index in [0.29, 0.717) is 16.5 Å². The van der Waals surface area contributed by atoms with Crippen LogP contribution in [-0.4, -0.2) is 52.6 Å². The number of esters is 2. The number of amides is 1. The summed E-state index contributed by atoms with van der Waals surface area (Å²) in [5.41, 5.74) is 2.70. The molecule has 0 aliphatic carbocycles. The minimum absolute atomic E-state index is 0.00895. The number of carbonyl (C=O) groups excluding carboxylic acids is 3. The highest BCUT2D eigenvalue weighted by Crippen LogP contribution is 2.34. The highest BCUT2D eigenvalue weighted by atomic mass is 32.2. The van der Waals surface area contributed by atoms with E-state index in [2.05, 4.69) is 15.5 Å². The molecule has 0 fully saturated rings. The maximum Gasteiger partial charge on any atom is 0.348 e. The number of nitrogens with zero attached hydrogens (tertiary/aromatic N) is 3. The molecular weight excluding hydrogens is 492 g/mol. The van der Waals surface area contributed by atoms with E-state index < -0.39 is 11.9 Å². The molecule has 0 unspecified atom stereocenters. The molecule has 1 N–H and O–H groups in total. The Morgan fingerprint density at radius 1 is 1.09 bits per heavy atom. The first-order valence-corrected chi connectivity index (χ1v) is 12.3. The van der Waals surface area contributed by atoms with Gasteiger partial charge in [0.25, 0.3) is 0 Å². The van der Waals surface area contributed by atoms with Crippen LogP contribution in [0.1, 0.15) is 42.5 Å². The number of ether oxygens (including phenoxy) is 3. The molecular formula is C23H26N4O6S2. The number of nitrogens with one attached hydrogen (secondary N) is 1. The quantitative estimate of drug-likeness (QED) is 0.334. The Kier molecular flexibility index (Phi) is 8.52. The first-order chi connectivity index (χ1) is 16.7. The summed E-state index contributed by atoms with van der Waals surface area (Å²) in [4.78, 5) is 37.1. The zero-order valence-electron chi connectivity index (χ0n) is 20.3. The van der Waals surface area contributed by atoms with Crippen molar-refractivity contribution < 1.29 is 28.6 Å². The van der Waals surface area contributed by atoms with Crippen molar-refractivity contribution in [2.45, 2.75) is 32.5 Å². The fourth-order valence-corrected chi connectivity index (χ4v) is 5.09. The van der Waals surface area contributed by atoms with Crippen molar-refractivity contribution in [1.29, 1.82) is 0 Å². The van der Waals surface area contributed by atoms with Gasteiger partial charge in [-0.25, -0.2) is 9.59 Å². The Hall–Kier alpha value is -3.38. The molecule has 0 saturated heterocycles. The molecule has 0 bridgehead atoms. The van der Waals surface area contributed by atoms with Crippen LogP contribution in [0.3, 0.4) is 0 Å². The number of hydrogen-bond acceptors (Lipinski definition) is 10. The lowest BCUT2D eigenvalue weighted by molar-refractivity contribution is -0.113. The van der Waals surface area contributed by atoms with Gasteiger partial charge >= 0.3 is 11.9 Å². The van der Waals surface area contributed by atoms with Gasteiger partial charge in [0.2, 0.25) is 5.91 Å². The van der Waals surface area contributed by atoms with Gasteiger partial charge in [0, 0.05) is 7.05 Å². The summed E-state index contributed by atoms with van der Waals surface area (Å²) in [5, 5.41) is 11.7. The molecule has 186 valence electrons. The van der Waals surface area contributed by atoms with Gasteiger partial charge in [-0.3, -0.25) is 4.79 Å². The smallest absolute Gasteiger partial charge is 0.348 e. The number of thiophene rings is 1. The minimum atomic E-state index is -0.654. The molecule has 3 aromatic rings. The second-order valence-electron chi connectivity index (χ2n) is 7.60. The highest BCUT2D eigenvalue weighted by Gasteiger charge is 2.27. The average molecular weight is 519 g/mol. The Morgan fingerprint density at radius 2 is 1.80 bits per heavy atom. The van der Waals surface area contributed by atoms with E-state index in [0.717, 1.165) is 28.2 Å². The molecule has 35 heavy (non-hydrogen) atoms. The molecule has 0 spiro atoms. The van der Waals surface area contributed by atoms with E-state index in [1.807, 2.05) is 32.0 Å². The molecule has 0 radical (unpaired) electrons. The van der Waals surface area contributed by atoms with Crippen molar-refractivity contribution in [3.63, 3.8) is 0 Å². The summed E-state index contributed by atoms with van der Waals surface area (Å²) < 4.78 is 17.2. The number of carbonyl (C=O) groups is 3. The molecule has 0 aliphatic heterocycles. The number of aromatic nitrogens is 3. The van der Waals surface area contributed by atoms with Gasteiger partial charge in [0.05, 0.1) is 25.5 Å². The minimum Gasteiger partial charge on any atom is -0.485 e. The SMILES string of the molecule is COC(=O)c1sc(NC(=O)CSc2nnc(COc3ccc(C)cc3C)n2C)c(C(=O)OC)c1C. The van der Waals surface area contributed by atoms with Gasteiger partial charge in [-0.2, -0.15) is 0 Å². The Morgan fingerprint density at radius 3 is 2.46 bits per heavy atom. The van der Waals surface area contributed by atoms with Crippen LogP contribution in [0.2, 0.25) is 0 Å². The maximum atomic E-state index is 12.6. The first kappa shape index (κ1) is 26.2. The van der Waals surface area contributed by atoms with Gasteiger partial charge in [0.1, 0.15) is 22.2 Å². The maximum absolute atomic E-state index is 12.6. The monoisotopic (exact) mass is 518 g/mol. The summed E-state index contributed by atoms with van der Waals surface area (Å²) in [6.45, 7) is 5.83. The van der Waals surface area contributed by atoms with Crippen LogP contribution in [0.15, 0.2) is 23.4 Å². The number of anilines is 1. The van der Waals surface area contributed by atoms with Crippen molar-refractivity contribution in [3.8, 4) is 5.75 Å². The van der Waals surface area contributed by atoms with Crippen molar-refractivity contribution in [3.05, 3.63) is 51.2 Å². The van der Waals surface area contributed by atoms with Crippen molar-refractivity contribution in [2.24, 2.45) is 7.05 Å². The molecule has 0 aliphatic rings. The predicted molar refractivity (Wildman–Crippen MR) is 132 cm³/mol. The summed E-state index contributed by atoms with van der Waals surface area (Å²) in [6, 6.07) is 5.94. The van der Waals surface area contributed by atoms with Crippen molar-refractivity contribution in [2.75, 3.05) is 25.3 Å². The molecule has 10 nitrogen and oxygen atoms in total. The molecule has 2 heterocycles. The molecule has 3 rings (SSSR count). The largest absolute Gasteiger partial charge is 0.485 e. The van der Waals surface area contributed by atoms with Crippen LogP contribution in [0, 0.1) is 20.8 Å². The zero-order chi connectivity index (χ0) is 25.7. The summed E-state index contributed by atoms with van der Waals surface area (Å²) in [6.07, 6.45) is 0. The highest BCUT2D eigenvalue weighted by molar-refractivity contribution is 7.99. The lowest BCUT2D eigenvalue weighted by atomic mass is 10.1. The van der Waals surface area contributed by atoms with Gasteiger partial charge in [0.15, 0.2) is 11.0 Å². The van der Waals surface area contributed by atoms with E-state index >= 15 is 0 Å². The lowest BCUT2D eigenvalue weighted by Crippen LogP contribution is -2.16. The van der Waals surface area contributed by atoms with Crippen LogP contribution in [0.5, 0.6) is 5.75 Å². The van der Waals surface area contributed by atoms with Crippen molar-refractivity contribution in [1.82, 2.24) is 14.8 Å². The summed E-state index contributed by atoms with van der Waals surface area (Å²) in [7, 11) is 4.27. The van der Waals surface area contributed by atoms with Crippen LogP contribution >= 0.6 is 23.1 Å². The number of aryl methyl sites for hydroxylation is 2. The van der Waals surface area contributed by atoms with Gasteiger partial charge < -0.3 is 24.1 Å². The fourth-order valence-electron chi connectivity index (χ4n) is 3.23. The molecule has 1 amide bonds. The van der Waals surface area contributed by atoms with E-state index in [-0.39, 0.29) is 33.7 Å². The Bertz CT molecular complexity index is 1270. The summed E-state index contributed by atoms with van der Waals surface area (Å²) >= 11 is 2.14. The van der Waals surface area contributed by atoms with Crippen LogP contribution in [0.25, 0.3) is 0 Å². The second kappa shape index (κ2) is 11.4. The Balaban J connectivity index is 1.65. The second-order valence-corrected chi connectivity index (χ2v) is 9.56. The number of rotatable bonds is 9. The number of thioether (sulfide) groups is 1. The first-order valence-electron chi connectivity index (χ1n) is 10.5. The summed E-state index contributed by atoms with van der Waals surface area (Å²) in [5.74, 6) is -0.243. The zero-order valence-corrected chi connectivity index (χ0v) is 21.9. The standard InChI is InChI=1S/C23H26N4O6S2/c1-12-7-8-15(13(2)9-12)33-10-16-25-26-23(27(16)4)34-11-17(28)24-20-18(21(29)31-5)14(3)19(35-20)22(30)32-6/h7-9H,10-11H2,1-6H3,(H,24,28). The van der Waals surface area contributed by atoms with Crippen molar-refractivity contribution >= 4 is 45.9 Å². The topological polar surface area (TPSA) is 122 Å². The normalized spacial score (nSPS) is 10.7. The number of hydrogen-bond donors (Lipinski definition) is 1. The van der Waals surface area contributed by atoms with Crippen LogP contribution in [-0.2, 0) is 27.9 Å². The fraction of sp³-hybridized carbons (Fsp3) is 0.348. The van der Waals surface area contributed by atoms with Crippen LogP contribution < -0.4 is 10.1 Å². The number of benzene rings is 1. The van der Waals surface area contributed by atoms with Crippen LogP contribution in [0.4, 0.5) is 5.00 Å². The van der Waals surface area contributed by atoms with Gasteiger partial charge in [-0.1, -0.05) is 29.5 Å². The third kappa shape index (κ3) is 6.01. The third-order valence-corrected chi connectivity index (χ3v) is 7.31. The van der Waals surface area contributed by atoms with E-state index in [4.69, 9.17) is 14.2 Å². The van der Waals surface area contributed by atoms with Gasteiger partial charge in [-0.15, -0.1) is 21.5 Å². The lowest BCUT2D eigenvalue weighted by Gasteiger charge is -2.09. The van der Waals surface area contributed by atoms with E-state index in [1.54, 1.807) is 18.5 Å². The van der Waals surface area contributed by atoms with E-state index in [1.165, 1.54) is 26.0 Å².